The van der Waals surface area contributed by atoms with E-state index in [1.165, 1.54) is 25.7 Å². The summed E-state index contributed by atoms with van der Waals surface area (Å²) in [6.07, 6.45) is 5.29. The molecule has 3 atom stereocenters. The Balaban J connectivity index is 2.08. The second-order valence-electron chi connectivity index (χ2n) is 4.72. The first-order chi connectivity index (χ1) is 7.77. The third-order valence-electron chi connectivity index (χ3n) is 3.35. The van der Waals surface area contributed by atoms with E-state index in [1.807, 2.05) is 0 Å². The molecule has 0 radical (unpaired) electrons. The lowest BCUT2D eigenvalue weighted by Crippen LogP contribution is -2.27. The van der Waals surface area contributed by atoms with Crippen LogP contribution in [0.5, 0.6) is 0 Å². The molecule has 1 saturated heterocycles. The van der Waals surface area contributed by atoms with Gasteiger partial charge in [-0.05, 0) is 18.8 Å². The summed E-state index contributed by atoms with van der Waals surface area (Å²) in [6.45, 7) is 6.45. The minimum atomic E-state index is -0.323. The first-order valence-corrected chi connectivity index (χ1v) is 6.65. The smallest absolute Gasteiger partial charge is 0.107 e. The second kappa shape index (κ2) is 8.04. The van der Waals surface area contributed by atoms with Crippen LogP contribution in [0.15, 0.2) is 0 Å². The van der Waals surface area contributed by atoms with Gasteiger partial charge in [0.05, 0.1) is 12.7 Å². The third kappa shape index (κ3) is 4.81. The molecule has 1 aliphatic heterocycles. The monoisotopic (exact) mass is 230 g/mol. The highest BCUT2D eigenvalue weighted by Gasteiger charge is 2.26. The molecule has 1 fully saturated rings. The van der Waals surface area contributed by atoms with E-state index in [1.54, 1.807) is 0 Å². The lowest BCUT2D eigenvalue weighted by molar-refractivity contribution is -0.0325. The van der Waals surface area contributed by atoms with Crippen molar-refractivity contribution in [3.63, 3.8) is 0 Å². The predicted octanol–water partition coefficient (Wildman–Crippen LogP) is 2.37. The summed E-state index contributed by atoms with van der Waals surface area (Å²) in [5, 5.41) is 9.55. The molecule has 3 heteroatoms. The van der Waals surface area contributed by atoms with E-state index in [9.17, 15) is 5.11 Å². The van der Waals surface area contributed by atoms with Crippen molar-refractivity contribution in [3.8, 4) is 0 Å². The Labute approximate surface area is 99.1 Å². The molecule has 1 aliphatic rings. The van der Waals surface area contributed by atoms with Crippen molar-refractivity contribution >= 4 is 0 Å². The molecule has 0 saturated carbocycles. The fourth-order valence-corrected chi connectivity index (χ4v) is 2.05. The van der Waals surface area contributed by atoms with Gasteiger partial charge in [0.1, 0.15) is 6.10 Å². The highest BCUT2D eigenvalue weighted by molar-refractivity contribution is 4.74. The van der Waals surface area contributed by atoms with Gasteiger partial charge in [0.25, 0.3) is 0 Å². The Kier molecular flexibility index (Phi) is 7.01. The minimum Gasteiger partial charge on any atom is -0.390 e. The van der Waals surface area contributed by atoms with Crippen molar-refractivity contribution in [2.75, 3.05) is 19.8 Å². The molecule has 1 heterocycles. The van der Waals surface area contributed by atoms with Crippen molar-refractivity contribution in [1.29, 1.82) is 0 Å². The Morgan fingerprint density at radius 1 is 1.44 bits per heavy atom. The topological polar surface area (TPSA) is 38.7 Å². The largest absolute Gasteiger partial charge is 0.390 e. The van der Waals surface area contributed by atoms with Gasteiger partial charge in [-0.2, -0.15) is 0 Å². The van der Waals surface area contributed by atoms with Crippen LogP contribution in [-0.4, -0.2) is 37.1 Å². The molecule has 0 aromatic carbocycles. The molecule has 3 nitrogen and oxygen atoms in total. The maximum atomic E-state index is 9.55. The van der Waals surface area contributed by atoms with Crippen LogP contribution >= 0.6 is 0 Å². The van der Waals surface area contributed by atoms with E-state index < -0.39 is 0 Å². The van der Waals surface area contributed by atoms with Crippen LogP contribution in [0.4, 0.5) is 0 Å². The van der Waals surface area contributed by atoms with Crippen molar-refractivity contribution in [2.24, 2.45) is 5.92 Å². The van der Waals surface area contributed by atoms with Crippen LogP contribution in [0.3, 0.4) is 0 Å². The highest BCUT2D eigenvalue weighted by Crippen LogP contribution is 2.16. The van der Waals surface area contributed by atoms with Gasteiger partial charge in [-0.25, -0.2) is 0 Å². The summed E-state index contributed by atoms with van der Waals surface area (Å²) in [7, 11) is 0. The summed E-state index contributed by atoms with van der Waals surface area (Å²) in [5.41, 5.74) is 0. The van der Waals surface area contributed by atoms with Gasteiger partial charge in [0.2, 0.25) is 0 Å². The van der Waals surface area contributed by atoms with E-state index in [0.29, 0.717) is 19.1 Å². The number of hydrogen-bond donors (Lipinski definition) is 1. The molecule has 1 rings (SSSR count). The van der Waals surface area contributed by atoms with Gasteiger partial charge in [-0.3, -0.25) is 0 Å². The van der Waals surface area contributed by atoms with E-state index >= 15 is 0 Å². The van der Waals surface area contributed by atoms with E-state index in [-0.39, 0.29) is 12.2 Å². The molecule has 0 aliphatic carbocycles. The Bertz CT molecular complexity index is 173. The third-order valence-corrected chi connectivity index (χ3v) is 3.35. The Morgan fingerprint density at radius 2 is 2.25 bits per heavy atom. The van der Waals surface area contributed by atoms with Crippen LogP contribution < -0.4 is 0 Å². The molecule has 96 valence electrons. The molecule has 0 aromatic heterocycles. The fourth-order valence-electron chi connectivity index (χ4n) is 2.05. The van der Waals surface area contributed by atoms with Crippen LogP contribution in [0, 0.1) is 5.92 Å². The van der Waals surface area contributed by atoms with Crippen molar-refractivity contribution in [3.05, 3.63) is 0 Å². The molecule has 3 unspecified atom stereocenters. The average molecular weight is 230 g/mol. The summed E-state index contributed by atoms with van der Waals surface area (Å²) < 4.78 is 11.0. The zero-order chi connectivity index (χ0) is 11.8. The normalized spacial score (nSPS) is 27.2. The zero-order valence-corrected chi connectivity index (χ0v) is 10.7. The SMILES string of the molecule is CCCCC(CC)COCC1OCCC1O. The fraction of sp³-hybridized carbons (Fsp3) is 1.00. The van der Waals surface area contributed by atoms with Crippen LogP contribution in [-0.2, 0) is 9.47 Å². The molecule has 0 bridgehead atoms. The average Bonchev–Trinajstić information content (AvgIpc) is 2.69. The van der Waals surface area contributed by atoms with Gasteiger partial charge in [0, 0.05) is 13.2 Å². The van der Waals surface area contributed by atoms with Gasteiger partial charge < -0.3 is 14.6 Å². The standard InChI is InChI=1S/C13H26O3/c1-3-5-6-11(4-2)9-15-10-13-12(14)7-8-16-13/h11-14H,3-10H2,1-2H3. The summed E-state index contributed by atoms with van der Waals surface area (Å²) in [4.78, 5) is 0. The molecule has 16 heavy (non-hydrogen) atoms. The molecule has 0 spiro atoms. The molecule has 0 amide bonds. The number of rotatable bonds is 8. The van der Waals surface area contributed by atoms with E-state index in [4.69, 9.17) is 9.47 Å². The van der Waals surface area contributed by atoms with Gasteiger partial charge >= 0.3 is 0 Å². The first kappa shape index (κ1) is 13.9. The van der Waals surface area contributed by atoms with E-state index in [0.717, 1.165) is 13.0 Å². The zero-order valence-electron chi connectivity index (χ0n) is 10.7. The second-order valence-corrected chi connectivity index (χ2v) is 4.72. The number of aliphatic hydroxyl groups excluding tert-OH is 1. The molecule has 1 N–H and O–H groups in total. The van der Waals surface area contributed by atoms with Gasteiger partial charge in [-0.1, -0.05) is 33.1 Å². The van der Waals surface area contributed by atoms with Gasteiger partial charge in [0.15, 0.2) is 0 Å². The first-order valence-electron chi connectivity index (χ1n) is 6.65. The van der Waals surface area contributed by atoms with Crippen LogP contribution in [0.25, 0.3) is 0 Å². The molecular formula is C13H26O3. The number of unbranched alkanes of at least 4 members (excludes halogenated alkanes) is 1. The van der Waals surface area contributed by atoms with Crippen LogP contribution in [0.1, 0.15) is 46.0 Å². The summed E-state index contributed by atoms with van der Waals surface area (Å²) in [6, 6.07) is 0. The number of ether oxygens (including phenoxy) is 2. The van der Waals surface area contributed by atoms with E-state index in [2.05, 4.69) is 13.8 Å². The molecular weight excluding hydrogens is 204 g/mol. The number of aliphatic hydroxyl groups is 1. The Morgan fingerprint density at radius 3 is 2.81 bits per heavy atom. The van der Waals surface area contributed by atoms with Crippen molar-refractivity contribution in [1.82, 2.24) is 0 Å². The lowest BCUT2D eigenvalue weighted by Gasteiger charge is -2.18. The number of hydrogen-bond acceptors (Lipinski definition) is 3. The van der Waals surface area contributed by atoms with Gasteiger partial charge in [-0.15, -0.1) is 0 Å². The highest BCUT2D eigenvalue weighted by atomic mass is 16.5. The lowest BCUT2D eigenvalue weighted by atomic mass is 10.0. The van der Waals surface area contributed by atoms with Crippen LogP contribution in [0.2, 0.25) is 0 Å². The van der Waals surface area contributed by atoms with Crippen molar-refractivity contribution < 1.29 is 14.6 Å². The summed E-state index contributed by atoms with van der Waals surface area (Å²) >= 11 is 0. The Hall–Kier alpha value is -0.120. The minimum absolute atomic E-state index is 0.0938. The molecule has 0 aromatic rings. The maximum Gasteiger partial charge on any atom is 0.107 e. The van der Waals surface area contributed by atoms with Crippen molar-refractivity contribution in [2.45, 2.75) is 58.2 Å². The predicted molar refractivity (Wildman–Crippen MR) is 64.5 cm³/mol. The summed E-state index contributed by atoms with van der Waals surface area (Å²) in [5.74, 6) is 0.665. The quantitative estimate of drug-likeness (QED) is 0.695. The maximum absolute atomic E-state index is 9.55.